The highest BCUT2D eigenvalue weighted by Crippen LogP contribution is 2.19. The second-order valence-electron chi connectivity index (χ2n) is 5.11. The molecule has 3 nitrogen and oxygen atoms in total. The van der Waals surface area contributed by atoms with E-state index >= 15 is 0 Å². The van der Waals surface area contributed by atoms with Gasteiger partial charge in [-0.3, -0.25) is 5.10 Å². The van der Waals surface area contributed by atoms with Gasteiger partial charge >= 0.3 is 0 Å². The maximum Gasteiger partial charge on any atom is 0.0923 e. The number of hydrogen-bond acceptors (Lipinski definition) is 2. The van der Waals surface area contributed by atoms with Gasteiger partial charge in [0.25, 0.3) is 0 Å². The van der Waals surface area contributed by atoms with Crippen molar-refractivity contribution in [3.05, 3.63) is 41.6 Å². The molecule has 0 saturated heterocycles. The quantitative estimate of drug-likeness (QED) is 0.848. The maximum atomic E-state index is 5.53. The fraction of sp³-hybridized carbons (Fsp3) is 0.400. The van der Waals surface area contributed by atoms with Crippen LogP contribution in [0, 0.1) is 5.92 Å². The minimum atomic E-state index is 0.648. The maximum absolute atomic E-state index is 5.53. The van der Waals surface area contributed by atoms with Crippen molar-refractivity contribution in [1.29, 1.82) is 0 Å². The standard InChI is InChI=1S/C15H21N3/c1-11(2)9-12-3-5-13(6-4-12)15-10-14(7-8-16)17-18-15/h3-6,10-11H,7-9,16H2,1-2H3,(H,17,18). The summed E-state index contributed by atoms with van der Waals surface area (Å²) in [7, 11) is 0. The molecule has 0 radical (unpaired) electrons. The lowest BCUT2D eigenvalue weighted by Crippen LogP contribution is -2.02. The first-order valence-corrected chi connectivity index (χ1v) is 6.52. The number of nitrogens with two attached hydrogens (primary N) is 1. The molecule has 1 aromatic carbocycles. The van der Waals surface area contributed by atoms with Crippen LogP contribution in [0.2, 0.25) is 0 Å². The Kier molecular flexibility index (Phi) is 4.15. The van der Waals surface area contributed by atoms with Crippen LogP contribution in [-0.2, 0) is 12.8 Å². The van der Waals surface area contributed by atoms with Gasteiger partial charge < -0.3 is 5.73 Å². The van der Waals surface area contributed by atoms with Crippen LogP contribution in [-0.4, -0.2) is 16.7 Å². The summed E-state index contributed by atoms with van der Waals surface area (Å²) in [6.07, 6.45) is 1.97. The SMILES string of the molecule is CC(C)Cc1ccc(-c2cc(CCN)[nH]n2)cc1. The molecule has 0 fully saturated rings. The van der Waals surface area contributed by atoms with E-state index in [1.54, 1.807) is 0 Å². The van der Waals surface area contributed by atoms with Crippen LogP contribution < -0.4 is 5.73 Å². The zero-order valence-electron chi connectivity index (χ0n) is 11.1. The van der Waals surface area contributed by atoms with Crippen molar-refractivity contribution >= 4 is 0 Å². The number of nitrogens with zero attached hydrogens (tertiary/aromatic N) is 1. The second-order valence-corrected chi connectivity index (χ2v) is 5.11. The van der Waals surface area contributed by atoms with Crippen LogP contribution in [0.15, 0.2) is 30.3 Å². The van der Waals surface area contributed by atoms with Gasteiger partial charge in [0.15, 0.2) is 0 Å². The molecule has 3 N–H and O–H groups in total. The number of aromatic nitrogens is 2. The van der Waals surface area contributed by atoms with E-state index in [0.29, 0.717) is 12.5 Å². The average molecular weight is 243 g/mol. The van der Waals surface area contributed by atoms with Gasteiger partial charge in [-0.15, -0.1) is 0 Å². The van der Waals surface area contributed by atoms with Gasteiger partial charge in [0, 0.05) is 17.7 Å². The molecule has 1 heterocycles. The largest absolute Gasteiger partial charge is 0.330 e. The van der Waals surface area contributed by atoms with Gasteiger partial charge in [-0.25, -0.2) is 0 Å². The number of rotatable bonds is 5. The van der Waals surface area contributed by atoms with E-state index in [9.17, 15) is 0 Å². The van der Waals surface area contributed by atoms with E-state index in [4.69, 9.17) is 5.73 Å². The molecule has 0 amide bonds. The first kappa shape index (κ1) is 12.8. The highest BCUT2D eigenvalue weighted by molar-refractivity contribution is 5.59. The van der Waals surface area contributed by atoms with Crippen LogP contribution in [0.25, 0.3) is 11.3 Å². The number of benzene rings is 1. The van der Waals surface area contributed by atoms with Crippen molar-refractivity contribution in [1.82, 2.24) is 10.2 Å². The molecule has 0 saturated carbocycles. The predicted octanol–water partition coefficient (Wildman–Crippen LogP) is 2.78. The number of aromatic amines is 1. The zero-order valence-corrected chi connectivity index (χ0v) is 11.1. The van der Waals surface area contributed by atoms with E-state index in [2.05, 4.69) is 54.4 Å². The lowest BCUT2D eigenvalue weighted by Gasteiger charge is -2.05. The Hall–Kier alpha value is -1.61. The number of hydrogen-bond donors (Lipinski definition) is 2. The van der Waals surface area contributed by atoms with Gasteiger partial charge in [-0.2, -0.15) is 5.10 Å². The summed E-state index contributed by atoms with van der Waals surface area (Å²) in [6, 6.07) is 10.7. The van der Waals surface area contributed by atoms with Crippen molar-refractivity contribution < 1.29 is 0 Å². The van der Waals surface area contributed by atoms with Crippen LogP contribution in [0.4, 0.5) is 0 Å². The Morgan fingerprint density at radius 3 is 2.56 bits per heavy atom. The minimum absolute atomic E-state index is 0.648. The highest BCUT2D eigenvalue weighted by atomic mass is 15.1. The smallest absolute Gasteiger partial charge is 0.0923 e. The normalized spacial score (nSPS) is 11.1. The van der Waals surface area contributed by atoms with Crippen LogP contribution in [0.3, 0.4) is 0 Å². The lowest BCUT2D eigenvalue weighted by atomic mass is 10.0. The summed E-state index contributed by atoms with van der Waals surface area (Å²) >= 11 is 0. The van der Waals surface area contributed by atoms with Gasteiger partial charge in [0.05, 0.1) is 5.69 Å². The van der Waals surface area contributed by atoms with Crippen molar-refractivity contribution in [2.75, 3.05) is 6.54 Å². The molecule has 0 aliphatic carbocycles. The fourth-order valence-electron chi connectivity index (χ4n) is 2.08. The van der Waals surface area contributed by atoms with Crippen molar-refractivity contribution in [3.8, 4) is 11.3 Å². The summed E-state index contributed by atoms with van der Waals surface area (Å²) in [4.78, 5) is 0. The fourth-order valence-corrected chi connectivity index (χ4v) is 2.08. The number of nitrogens with one attached hydrogen (secondary N) is 1. The molecule has 0 spiro atoms. The summed E-state index contributed by atoms with van der Waals surface area (Å²) in [5.41, 5.74) is 10.2. The second kappa shape index (κ2) is 5.83. The van der Waals surface area contributed by atoms with E-state index in [1.165, 1.54) is 5.56 Å². The van der Waals surface area contributed by atoms with Crippen LogP contribution in [0.1, 0.15) is 25.1 Å². The summed E-state index contributed by atoms with van der Waals surface area (Å²) in [5, 5.41) is 7.34. The summed E-state index contributed by atoms with van der Waals surface area (Å²) < 4.78 is 0. The molecule has 0 unspecified atom stereocenters. The molecular formula is C15H21N3. The minimum Gasteiger partial charge on any atom is -0.330 e. The molecule has 0 atom stereocenters. The first-order chi connectivity index (χ1) is 8.69. The van der Waals surface area contributed by atoms with E-state index in [0.717, 1.165) is 29.8 Å². The molecule has 3 heteroatoms. The molecule has 2 rings (SSSR count). The Balaban J connectivity index is 2.12. The van der Waals surface area contributed by atoms with Gasteiger partial charge in [0.1, 0.15) is 0 Å². The lowest BCUT2D eigenvalue weighted by molar-refractivity contribution is 0.647. The van der Waals surface area contributed by atoms with Crippen LogP contribution in [0.5, 0.6) is 0 Å². The molecule has 0 aliphatic rings. The Labute approximate surface area is 108 Å². The van der Waals surface area contributed by atoms with E-state index < -0.39 is 0 Å². The van der Waals surface area contributed by atoms with E-state index in [-0.39, 0.29) is 0 Å². The topological polar surface area (TPSA) is 54.7 Å². The van der Waals surface area contributed by atoms with E-state index in [1.807, 2.05) is 0 Å². The predicted molar refractivity (Wildman–Crippen MR) is 75.3 cm³/mol. The summed E-state index contributed by atoms with van der Waals surface area (Å²) in [6.45, 7) is 5.12. The first-order valence-electron chi connectivity index (χ1n) is 6.52. The van der Waals surface area contributed by atoms with Crippen molar-refractivity contribution in [3.63, 3.8) is 0 Å². The van der Waals surface area contributed by atoms with Gasteiger partial charge in [-0.05, 0) is 30.5 Å². The molecule has 18 heavy (non-hydrogen) atoms. The molecule has 0 aliphatic heterocycles. The Morgan fingerprint density at radius 1 is 1.22 bits per heavy atom. The molecule has 1 aromatic heterocycles. The molecular weight excluding hydrogens is 222 g/mol. The Morgan fingerprint density at radius 2 is 1.94 bits per heavy atom. The third-order valence-electron chi connectivity index (χ3n) is 2.94. The summed E-state index contributed by atoms with van der Waals surface area (Å²) in [5.74, 6) is 0.692. The molecule has 2 aromatic rings. The Bertz CT molecular complexity index is 483. The number of H-pyrrole nitrogens is 1. The van der Waals surface area contributed by atoms with Crippen molar-refractivity contribution in [2.45, 2.75) is 26.7 Å². The monoisotopic (exact) mass is 243 g/mol. The third-order valence-corrected chi connectivity index (χ3v) is 2.94. The van der Waals surface area contributed by atoms with Gasteiger partial charge in [-0.1, -0.05) is 38.1 Å². The highest BCUT2D eigenvalue weighted by Gasteiger charge is 2.04. The average Bonchev–Trinajstić information content (AvgIpc) is 2.78. The molecule has 96 valence electrons. The third kappa shape index (κ3) is 3.20. The van der Waals surface area contributed by atoms with Crippen LogP contribution >= 0.6 is 0 Å². The van der Waals surface area contributed by atoms with Gasteiger partial charge in [0.2, 0.25) is 0 Å². The zero-order chi connectivity index (χ0) is 13.0. The molecule has 0 bridgehead atoms. The van der Waals surface area contributed by atoms with Crippen molar-refractivity contribution in [2.24, 2.45) is 11.7 Å².